The molecule has 0 bridgehead atoms. The molecule has 0 unspecified atom stereocenters. The number of nitriles is 1. The summed E-state index contributed by atoms with van der Waals surface area (Å²) in [4.78, 5) is 11.3. The number of aliphatic hydroxyl groups is 1. The van der Waals surface area contributed by atoms with E-state index in [-0.39, 0.29) is 17.7 Å². The summed E-state index contributed by atoms with van der Waals surface area (Å²) in [6.07, 6.45) is 5.72. The fourth-order valence-electron chi connectivity index (χ4n) is 3.16. The number of carboxylic acid groups (broad SMARTS) is 1. The molecule has 1 aliphatic carbocycles. The number of fused-ring (bicyclic) bond motifs is 1. The molecule has 7 nitrogen and oxygen atoms in total. The van der Waals surface area contributed by atoms with Crippen molar-refractivity contribution in [2.24, 2.45) is 0 Å². The van der Waals surface area contributed by atoms with Crippen molar-refractivity contribution in [2.75, 3.05) is 5.32 Å². The molecular formula is C16H18N4O3. The van der Waals surface area contributed by atoms with E-state index >= 15 is 0 Å². The van der Waals surface area contributed by atoms with Crippen molar-refractivity contribution in [1.82, 2.24) is 9.61 Å². The highest BCUT2D eigenvalue weighted by molar-refractivity contribution is 5.95. The van der Waals surface area contributed by atoms with Crippen molar-refractivity contribution in [3.8, 4) is 6.07 Å². The Labute approximate surface area is 133 Å². The smallest absolute Gasteiger partial charge is 0.337 e. The third kappa shape index (κ3) is 2.73. The van der Waals surface area contributed by atoms with Gasteiger partial charge in [-0.15, -0.1) is 0 Å². The van der Waals surface area contributed by atoms with E-state index in [9.17, 15) is 20.3 Å². The number of aromatic carboxylic acids is 1. The van der Waals surface area contributed by atoms with E-state index in [0.29, 0.717) is 22.3 Å². The number of nitrogens with one attached hydrogen (secondary N) is 1. The van der Waals surface area contributed by atoms with Crippen molar-refractivity contribution in [3.63, 3.8) is 0 Å². The fraction of sp³-hybridized carbons (Fsp3) is 0.438. The number of carboxylic acids is 1. The number of anilines is 1. The Kier molecular flexibility index (Phi) is 3.92. The summed E-state index contributed by atoms with van der Waals surface area (Å²) >= 11 is 0. The Hall–Kier alpha value is -2.59. The maximum Gasteiger partial charge on any atom is 0.337 e. The second kappa shape index (κ2) is 5.89. The molecule has 0 spiro atoms. The molecule has 1 aliphatic rings. The van der Waals surface area contributed by atoms with E-state index in [0.717, 1.165) is 25.7 Å². The Morgan fingerprint density at radius 2 is 2.13 bits per heavy atom. The molecule has 0 aromatic carbocycles. The summed E-state index contributed by atoms with van der Waals surface area (Å²) in [5.41, 5.74) is 2.39. The van der Waals surface area contributed by atoms with Gasteiger partial charge in [-0.3, -0.25) is 0 Å². The number of hydrogen-bond acceptors (Lipinski definition) is 5. The van der Waals surface area contributed by atoms with Crippen LogP contribution in [0.2, 0.25) is 0 Å². The van der Waals surface area contributed by atoms with E-state index in [1.54, 1.807) is 6.92 Å². The highest BCUT2D eigenvalue weighted by Crippen LogP contribution is 2.30. The number of carbonyl (C=O) groups is 1. The highest BCUT2D eigenvalue weighted by Gasteiger charge is 2.23. The summed E-state index contributed by atoms with van der Waals surface area (Å²) < 4.78 is 1.50. The standard InChI is InChI=1S/C16H18N4O3/c1-9-13(16(22)23)8-20-15(9)14(10(6-17)7-18-20)19-11-2-4-12(21)5-3-11/h7-8,11-12,19,21H,2-5H2,1H3,(H,22,23). The SMILES string of the molecule is Cc1c(C(=O)O)cn2ncc(C#N)c(NC3CCC(O)CC3)c12. The van der Waals surface area contributed by atoms with Gasteiger partial charge < -0.3 is 15.5 Å². The first-order valence-electron chi connectivity index (χ1n) is 7.60. The van der Waals surface area contributed by atoms with Crippen molar-refractivity contribution in [3.05, 3.63) is 29.1 Å². The van der Waals surface area contributed by atoms with Crippen LogP contribution in [0.3, 0.4) is 0 Å². The summed E-state index contributed by atoms with van der Waals surface area (Å²) in [6, 6.07) is 2.27. The molecule has 23 heavy (non-hydrogen) atoms. The van der Waals surface area contributed by atoms with Crippen LogP contribution in [0.5, 0.6) is 0 Å². The first-order chi connectivity index (χ1) is 11.0. The van der Waals surface area contributed by atoms with Gasteiger partial charge in [-0.2, -0.15) is 10.4 Å². The average Bonchev–Trinajstić information content (AvgIpc) is 2.87. The van der Waals surface area contributed by atoms with Crippen molar-refractivity contribution >= 4 is 17.2 Å². The lowest BCUT2D eigenvalue weighted by Crippen LogP contribution is -2.28. The monoisotopic (exact) mass is 314 g/mol. The lowest BCUT2D eigenvalue weighted by atomic mass is 9.92. The lowest BCUT2D eigenvalue weighted by molar-refractivity contribution is 0.0696. The molecule has 3 rings (SSSR count). The van der Waals surface area contributed by atoms with Gasteiger partial charge in [-0.05, 0) is 38.2 Å². The zero-order valence-electron chi connectivity index (χ0n) is 12.8. The molecule has 2 aromatic rings. The number of aliphatic hydroxyl groups excluding tert-OH is 1. The van der Waals surface area contributed by atoms with Crippen LogP contribution >= 0.6 is 0 Å². The summed E-state index contributed by atoms with van der Waals surface area (Å²) in [5, 5.41) is 35.8. The number of nitrogens with zero attached hydrogens (tertiary/aromatic N) is 3. The molecule has 120 valence electrons. The second-order valence-corrected chi connectivity index (χ2v) is 5.96. The molecular weight excluding hydrogens is 296 g/mol. The average molecular weight is 314 g/mol. The first kappa shape index (κ1) is 15.3. The Morgan fingerprint density at radius 3 is 2.74 bits per heavy atom. The molecule has 0 aliphatic heterocycles. The van der Waals surface area contributed by atoms with Crippen molar-refractivity contribution in [1.29, 1.82) is 5.26 Å². The van der Waals surface area contributed by atoms with E-state index in [2.05, 4.69) is 16.5 Å². The normalized spacial score (nSPS) is 21.1. The molecule has 0 radical (unpaired) electrons. The predicted octanol–water partition coefficient (Wildman–Crippen LogP) is 1.93. The minimum atomic E-state index is -1.02. The summed E-state index contributed by atoms with van der Waals surface area (Å²) in [6.45, 7) is 1.72. The fourth-order valence-corrected chi connectivity index (χ4v) is 3.16. The quantitative estimate of drug-likeness (QED) is 0.798. The van der Waals surface area contributed by atoms with Crippen LogP contribution < -0.4 is 5.32 Å². The van der Waals surface area contributed by atoms with E-state index in [4.69, 9.17) is 0 Å². The second-order valence-electron chi connectivity index (χ2n) is 5.96. The van der Waals surface area contributed by atoms with Crippen molar-refractivity contribution < 1.29 is 15.0 Å². The summed E-state index contributed by atoms with van der Waals surface area (Å²) in [5.74, 6) is -1.02. The third-order valence-corrected chi connectivity index (χ3v) is 4.45. The molecule has 1 saturated carbocycles. The molecule has 2 heterocycles. The number of rotatable bonds is 3. The molecule has 3 N–H and O–H groups in total. The van der Waals surface area contributed by atoms with Crippen LogP contribution in [0, 0.1) is 18.3 Å². The van der Waals surface area contributed by atoms with E-state index in [1.807, 2.05) is 0 Å². The first-order valence-corrected chi connectivity index (χ1v) is 7.60. The van der Waals surface area contributed by atoms with Gasteiger partial charge in [0.15, 0.2) is 0 Å². The molecule has 7 heteroatoms. The van der Waals surface area contributed by atoms with Gasteiger partial charge in [0.1, 0.15) is 6.07 Å². The van der Waals surface area contributed by atoms with Gasteiger partial charge in [-0.25, -0.2) is 9.31 Å². The maximum absolute atomic E-state index is 11.3. The molecule has 2 aromatic heterocycles. The van der Waals surface area contributed by atoms with Gasteiger partial charge >= 0.3 is 5.97 Å². The molecule has 0 amide bonds. The van der Waals surface area contributed by atoms with Crippen LogP contribution in [0.15, 0.2) is 12.4 Å². The Balaban J connectivity index is 2.06. The third-order valence-electron chi connectivity index (χ3n) is 4.45. The van der Waals surface area contributed by atoms with Crippen molar-refractivity contribution in [2.45, 2.75) is 44.8 Å². The van der Waals surface area contributed by atoms with Gasteiger partial charge in [0.2, 0.25) is 0 Å². The van der Waals surface area contributed by atoms with E-state index in [1.165, 1.54) is 16.9 Å². The van der Waals surface area contributed by atoms with Crippen LogP contribution in [-0.2, 0) is 0 Å². The number of aryl methyl sites for hydroxylation is 1. The maximum atomic E-state index is 11.3. The van der Waals surface area contributed by atoms with Crippen LogP contribution in [0.25, 0.3) is 5.52 Å². The molecule has 0 atom stereocenters. The minimum Gasteiger partial charge on any atom is -0.478 e. The van der Waals surface area contributed by atoms with Gasteiger partial charge in [0, 0.05) is 12.2 Å². The highest BCUT2D eigenvalue weighted by atomic mass is 16.4. The van der Waals surface area contributed by atoms with Crippen LogP contribution in [0.4, 0.5) is 5.69 Å². The van der Waals surface area contributed by atoms with Crippen LogP contribution in [-0.4, -0.2) is 37.9 Å². The Morgan fingerprint density at radius 1 is 1.43 bits per heavy atom. The van der Waals surface area contributed by atoms with Gasteiger partial charge in [-0.1, -0.05) is 0 Å². The molecule has 1 fully saturated rings. The number of hydrogen-bond donors (Lipinski definition) is 3. The largest absolute Gasteiger partial charge is 0.478 e. The zero-order chi connectivity index (χ0) is 16.6. The zero-order valence-corrected chi connectivity index (χ0v) is 12.8. The number of aromatic nitrogens is 2. The molecule has 0 saturated heterocycles. The topological polar surface area (TPSA) is 111 Å². The van der Waals surface area contributed by atoms with E-state index < -0.39 is 5.97 Å². The predicted molar refractivity (Wildman–Crippen MR) is 83.5 cm³/mol. The van der Waals surface area contributed by atoms with Gasteiger partial charge in [0.25, 0.3) is 0 Å². The Bertz CT molecular complexity index is 798. The lowest BCUT2D eigenvalue weighted by Gasteiger charge is -2.27. The summed E-state index contributed by atoms with van der Waals surface area (Å²) in [7, 11) is 0. The van der Waals surface area contributed by atoms with Crippen LogP contribution in [0.1, 0.15) is 47.2 Å². The van der Waals surface area contributed by atoms with Gasteiger partial charge in [0.05, 0.1) is 34.6 Å². The minimum absolute atomic E-state index is 0.152.